The number of carbonyl (C=O) groups excluding carboxylic acids is 1. The van der Waals surface area contributed by atoms with Crippen LogP contribution in [-0.2, 0) is 6.42 Å². The van der Waals surface area contributed by atoms with E-state index in [1.165, 1.54) is 6.07 Å². The van der Waals surface area contributed by atoms with E-state index in [1.807, 2.05) is 44.2 Å². The van der Waals surface area contributed by atoms with Crippen LogP contribution in [0.4, 0.5) is 10.2 Å². The number of nitrogens with two attached hydrogens (primary N) is 1. The second kappa shape index (κ2) is 9.03. The van der Waals surface area contributed by atoms with E-state index in [0.29, 0.717) is 29.3 Å². The molecular formula is C24H30ClFN6O2. The second-order valence-electron chi connectivity index (χ2n) is 9.50. The van der Waals surface area contributed by atoms with E-state index in [0.717, 1.165) is 18.5 Å². The van der Waals surface area contributed by atoms with Crippen molar-refractivity contribution in [3.8, 4) is 5.75 Å². The van der Waals surface area contributed by atoms with Crippen molar-refractivity contribution in [2.24, 2.45) is 0 Å². The summed E-state index contributed by atoms with van der Waals surface area (Å²) < 4.78 is 23.2. The minimum atomic E-state index is -0.795. The molecule has 34 heavy (non-hydrogen) atoms. The molecule has 0 spiro atoms. The Kier molecular flexibility index (Phi) is 6.44. The van der Waals surface area contributed by atoms with Gasteiger partial charge < -0.3 is 20.7 Å². The van der Waals surface area contributed by atoms with E-state index < -0.39 is 11.7 Å². The number of fused-ring (bicyclic) bond motifs is 1. The lowest BCUT2D eigenvalue weighted by Gasteiger charge is -2.24. The number of likely N-dealkylation sites (N-methyl/N-ethyl adjacent to an activating group) is 1. The molecule has 0 atom stereocenters. The summed E-state index contributed by atoms with van der Waals surface area (Å²) in [6.07, 6.45) is 4.99. The number of aryl methyl sites for hydroxylation is 1. The highest BCUT2D eigenvalue weighted by Crippen LogP contribution is 2.39. The van der Waals surface area contributed by atoms with Crippen molar-refractivity contribution in [3.63, 3.8) is 0 Å². The average Bonchev–Trinajstić information content (AvgIpc) is 3.39. The van der Waals surface area contributed by atoms with Gasteiger partial charge in [0.05, 0.1) is 22.4 Å². The molecule has 182 valence electrons. The molecule has 0 aliphatic heterocycles. The molecule has 0 saturated heterocycles. The third-order valence-corrected chi connectivity index (χ3v) is 6.13. The maximum absolute atomic E-state index is 15.3. The molecule has 2 aromatic heterocycles. The number of carbonyl (C=O) groups is 1. The highest BCUT2D eigenvalue weighted by molar-refractivity contribution is 6.31. The number of nitrogens with zero attached hydrogens (tertiary/aromatic N) is 4. The maximum atomic E-state index is 15.3. The fourth-order valence-electron chi connectivity index (χ4n) is 4.36. The molecule has 1 fully saturated rings. The Morgan fingerprint density at radius 3 is 2.74 bits per heavy atom. The van der Waals surface area contributed by atoms with E-state index in [-0.39, 0.29) is 34.4 Å². The van der Waals surface area contributed by atoms with E-state index in [2.05, 4.69) is 15.3 Å². The zero-order chi connectivity index (χ0) is 24.8. The number of anilines is 1. The summed E-state index contributed by atoms with van der Waals surface area (Å²) in [4.78, 5) is 24.1. The number of imidazole rings is 1. The van der Waals surface area contributed by atoms with Gasteiger partial charge in [0, 0.05) is 30.9 Å². The van der Waals surface area contributed by atoms with Gasteiger partial charge in [0.1, 0.15) is 28.5 Å². The van der Waals surface area contributed by atoms with Crippen LogP contribution in [0.15, 0.2) is 18.5 Å². The quantitative estimate of drug-likeness (QED) is 0.502. The van der Waals surface area contributed by atoms with Crippen LogP contribution >= 0.6 is 11.6 Å². The lowest BCUT2D eigenvalue weighted by Crippen LogP contribution is -2.44. The zero-order valence-corrected chi connectivity index (χ0v) is 20.8. The van der Waals surface area contributed by atoms with Crippen molar-refractivity contribution in [3.05, 3.63) is 51.9 Å². The predicted molar refractivity (Wildman–Crippen MR) is 130 cm³/mol. The molecule has 1 aliphatic rings. The second-order valence-corrected chi connectivity index (χ2v) is 9.90. The molecule has 0 radical (unpaired) electrons. The number of aromatic nitrogens is 3. The lowest BCUT2D eigenvalue weighted by atomic mass is 10.0. The number of rotatable bonds is 8. The fraction of sp³-hybridized carbons (Fsp3) is 0.458. The zero-order valence-electron chi connectivity index (χ0n) is 20.1. The molecule has 1 aliphatic carbocycles. The molecule has 3 N–H and O–H groups in total. The summed E-state index contributed by atoms with van der Waals surface area (Å²) in [5.74, 6) is -0.141. The van der Waals surface area contributed by atoms with Gasteiger partial charge in [-0.2, -0.15) is 0 Å². The van der Waals surface area contributed by atoms with Crippen molar-refractivity contribution in [2.75, 3.05) is 26.4 Å². The first kappa shape index (κ1) is 24.2. The van der Waals surface area contributed by atoms with Gasteiger partial charge in [0.15, 0.2) is 5.82 Å². The summed E-state index contributed by atoms with van der Waals surface area (Å²) in [5, 5.41) is 2.88. The standard InChI is InChI=1S/C24H30ClFN6O2/c1-13(2)34-21-15(11-17-29-14(3)20-22(27)28-8-9-32(17)20)10-16(25)19(26)18(21)23(33)30-24(6-7-24)12-31(4)5/h8-10,13H,6-7,11-12H2,1-5H3,(H2,27,28)(H,30,33). The molecule has 10 heteroatoms. The average molecular weight is 489 g/mol. The highest BCUT2D eigenvalue weighted by Gasteiger charge is 2.45. The van der Waals surface area contributed by atoms with Gasteiger partial charge >= 0.3 is 0 Å². The van der Waals surface area contributed by atoms with Gasteiger partial charge in [-0.3, -0.25) is 9.20 Å². The van der Waals surface area contributed by atoms with Gasteiger partial charge in [0.25, 0.3) is 5.91 Å². The molecule has 1 amide bonds. The van der Waals surface area contributed by atoms with Crippen LogP contribution in [0.25, 0.3) is 5.52 Å². The van der Waals surface area contributed by atoms with Crippen LogP contribution in [0.5, 0.6) is 5.75 Å². The Labute approximate surface area is 203 Å². The third kappa shape index (κ3) is 4.67. The Morgan fingerprint density at radius 1 is 1.41 bits per heavy atom. The third-order valence-electron chi connectivity index (χ3n) is 5.86. The van der Waals surface area contributed by atoms with Crippen LogP contribution < -0.4 is 15.8 Å². The number of amides is 1. The molecule has 2 heterocycles. The molecule has 1 aromatic carbocycles. The van der Waals surface area contributed by atoms with E-state index >= 15 is 4.39 Å². The van der Waals surface area contributed by atoms with E-state index in [1.54, 1.807) is 12.4 Å². The monoisotopic (exact) mass is 488 g/mol. The van der Waals surface area contributed by atoms with E-state index in [4.69, 9.17) is 22.1 Å². The molecule has 0 unspecified atom stereocenters. The number of halogens is 2. The summed E-state index contributed by atoms with van der Waals surface area (Å²) >= 11 is 6.28. The summed E-state index contributed by atoms with van der Waals surface area (Å²) in [7, 11) is 3.88. The number of nitrogens with one attached hydrogen (secondary N) is 1. The summed E-state index contributed by atoms with van der Waals surface area (Å²) in [6, 6.07) is 1.50. The molecule has 1 saturated carbocycles. The molecule has 3 aromatic rings. The van der Waals surface area contributed by atoms with Crippen LogP contribution in [0, 0.1) is 12.7 Å². The Morgan fingerprint density at radius 2 is 2.12 bits per heavy atom. The van der Waals surface area contributed by atoms with Crippen LogP contribution in [-0.4, -0.2) is 57.5 Å². The maximum Gasteiger partial charge on any atom is 0.258 e. The first-order chi connectivity index (χ1) is 16.0. The summed E-state index contributed by atoms with van der Waals surface area (Å²) in [5.41, 5.74) is 7.48. The smallest absolute Gasteiger partial charge is 0.258 e. The van der Waals surface area contributed by atoms with Gasteiger partial charge in [-0.25, -0.2) is 14.4 Å². The first-order valence-electron chi connectivity index (χ1n) is 11.2. The number of nitrogen functional groups attached to an aromatic ring is 1. The largest absolute Gasteiger partial charge is 0.490 e. The minimum absolute atomic E-state index is 0.146. The number of hydrogen-bond acceptors (Lipinski definition) is 6. The van der Waals surface area contributed by atoms with Crippen LogP contribution in [0.1, 0.15) is 54.1 Å². The number of benzene rings is 1. The van der Waals surface area contributed by atoms with Gasteiger partial charge in [0.2, 0.25) is 0 Å². The molecular weight excluding hydrogens is 459 g/mol. The Hall–Kier alpha value is -2.91. The summed E-state index contributed by atoms with van der Waals surface area (Å²) in [6.45, 7) is 6.17. The van der Waals surface area contributed by atoms with Gasteiger partial charge in [-0.1, -0.05) is 11.6 Å². The van der Waals surface area contributed by atoms with Crippen molar-refractivity contribution < 1.29 is 13.9 Å². The van der Waals surface area contributed by atoms with E-state index in [9.17, 15) is 4.79 Å². The van der Waals surface area contributed by atoms with Crippen molar-refractivity contribution >= 4 is 28.8 Å². The van der Waals surface area contributed by atoms with Crippen LogP contribution in [0.2, 0.25) is 5.02 Å². The minimum Gasteiger partial charge on any atom is -0.490 e. The highest BCUT2D eigenvalue weighted by atomic mass is 35.5. The topological polar surface area (TPSA) is 97.8 Å². The number of hydrogen-bond donors (Lipinski definition) is 2. The molecule has 4 rings (SSSR count). The van der Waals surface area contributed by atoms with Crippen LogP contribution in [0.3, 0.4) is 0 Å². The van der Waals surface area contributed by atoms with Crippen molar-refractivity contribution in [2.45, 2.75) is 51.7 Å². The Bertz CT molecular complexity index is 1250. The SMILES string of the molecule is Cc1nc(Cc2cc(Cl)c(F)c(C(=O)NC3(CN(C)C)CC3)c2OC(C)C)n2ccnc(N)c12. The molecule has 8 nitrogen and oxygen atoms in total. The van der Waals surface area contributed by atoms with Gasteiger partial charge in [-0.15, -0.1) is 0 Å². The molecule has 0 bridgehead atoms. The normalized spacial score (nSPS) is 14.7. The fourth-order valence-corrected chi connectivity index (χ4v) is 4.58. The Balaban J connectivity index is 1.79. The predicted octanol–water partition coefficient (Wildman–Crippen LogP) is 3.61. The first-order valence-corrected chi connectivity index (χ1v) is 11.6. The lowest BCUT2D eigenvalue weighted by molar-refractivity contribution is 0.0912. The van der Waals surface area contributed by atoms with Crippen molar-refractivity contribution in [1.29, 1.82) is 0 Å². The number of ether oxygens (including phenoxy) is 1. The van der Waals surface area contributed by atoms with Gasteiger partial charge in [-0.05, 0) is 53.8 Å². The van der Waals surface area contributed by atoms with Crippen molar-refractivity contribution in [1.82, 2.24) is 24.6 Å².